The van der Waals surface area contributed by atoms with Gasteiger partial charge in [-0.15, -0.1) is 0 Å². The van der Waals surface area contributed by atoms with Gasteiger partial charge in [0, 0.05) is 12.8 Å². The van der Waals surface area contributed by atoms with Gasteiger partial charge in [0.1, 0.15) is 5.82 Å². The first-order valence-electron chi connectivity index (χ1n) is 7.15. The Labute approximate surface area is 133 Å². The first kappa shape index (κ1) is 15.5. The van der Waals surface area contributed by atoms with Gasteiger partial charge in [-0.3, -0.25) is 4.79 Å². The molecule has 3 rings (SSSR count). The topological polar surface area (TPSA) is 75.8 Å². The van der Waals surface area contributed by atoms with Crippen LogP contribution in [-0.2, 0) is 15.1 Å². The zero-order valence-electron chi connectivity index (χ0n) is 12.6. The summed E-state index contributed by atoms with van der Waals surface area (Å²) >= 11 is 0. The number of benzene rings is 2. The second-order valence-electron chi connectivity index (χ2n) is 5.41. The molecule has 3 N–H and O–H groups in total. The lowest BCUT2D eigenvalue weighted by Gasteiger charge is -2.34. The van der Waals surface area contributed by atoms with Crippen molar-refractivity contribution in [1.82, 2.24) is 0 Å². The van der Waals surface area contributed by atoms with Gasteiger partial charge in [-0.05, 0) is 17.7 Å². The summed E-state index contributed by atoms with van der Waals surface area (Å²) in [7, 11) is 1.40. The molecule has 6 heteroatoms. The summed E-state index contributed by atoms with van der Waals surface area (Å²) in [6, 6.07) is 13.3. The third-order valence-corrected chi connectivity index (χ3v) is 4.18. The smallest absolute Gasteiger partial charge is 0.237 e. The van der Waals surface area contributed by atoms with Crippen LogP contribution in [0.3, 0.4) is 0 Å². The molecule has 5 nitrogen and oxygen atoms in total. The highest BCUT2D eigenvalue weighted by Crippen LogP contribution is 2.49. The van der Waals surface area contributed by atoms with Gasteiger partial charge in [0.15, 0.2) is 11.8 Å². The average Bonchev–Trinajstić information content (AvgIpc) is 2.79. The molecule has 2 aromatic rings. The molecule has 1 aliphatic heterocycles. The van der Waals surface area contributed by atoms with E-state index in [0.29, 0.717) is 11.3 Å². The molecule has 1 amide bonds. The van der Waals surface area contributed by atoms with Crippen molar-refractivity contribution in [2.45, 2.75) is 11.8 Å². The van der Waals surface area contributed by atoms with Crippen molar-refractivity contribution in [3.05, 3.63) is 65.5 Å². The highest BCUT2D eigenvalue weighted by atomic mass is 19.1. The monoisotopic (exact) mass is 316 g/mol. The summed E-state index contributed by atoms with van der Waals surface area (Å²) in [6.07, 6.45) is -1.28. The summed E-state index contributed by atoms with van der Waals surface area (Å²) in [5.41, 5.74) is 5.02. The Morgan fingerprint density at radius 1 is 1.30 bits per heavy atom. The van der Waals surface area contributed by atoms with Crippen LogP contribution in [0.1, 0.15) is 11.1 Å². The van der Waals surface area contributed by atoms with E-state index in [-0.39, 0.29) is 12.1 Å². The number of nitrogens with zero attached hydrogens (tertiary/aromatic N) is 1. The number of rotatable bonds is 4. The molecular formula is C17H17FN2O3. The van der Waals surface area contributed by atoms with E-state index < -0.39 is 23.6 Å². The molecule has 2 aromatic carbocycles. The Kier molecular flexibility index (Phi) is 3.79. The summed E-state index contributed by atoms with van der Waals surface area (Å²) in [5, 5.41) is 10.9. The van der Waals surface area contributed by atoms with Crippen LogP contribution in [0.25, 0.3) is 0 Å². The van der Waals surface area contributed by atoms with Gasteiger partial charge < -0.3 is 20.5 Å². The van der Waals surface area contributed by atoms with Crippen LogP contribution in [0.15, 0.2) is 48.5 Å². The fourth-order valence-corrected chi connectivity index (χ4v) is 3.24. The predicted octanol–water partition coefficient (Wildman–Crippen LogP) is 1.34. The molecule has 0 saturated carbocycles. The number of amides is 1. The number of aliphatic hydroxyl groups excluding tert-OH is 1. The minimum Gasteiger partial charge on any atom is -0.370 e. The van der Waals surface area contributed by atoms with E-state index in [0.717, 1.165) is 0 Å². The first-order chi connectivity index (χ1) is 11.0. The van der Waals surface area contributed by atoms with Gasteiger partial charge in [-0.2, -0.15) is 0 Å². The summed E-state index contributed by atoms with van der Waals surface area (Å²) in [6.45, 7) is -0.241. The van der Waals surface area contributed by atoms with Gasteiger partial charge in [0.2, 0.25) is 5.91 Å². The number of ether oxygens (including phenoxy) is 1. The molecule has 2 atom stereocenters. The van der Waals surface area contributed by atoms with Crippen LogP contribution in [0.5, 0.6) is 0 Å². The molecule has 1 aliphatic rings. The van der Waals surface area contributed by atoms with E-state index in [4.69, 9.17) is 10.5 Å². The number of aliphatic hydroxyl groups is 1. The van der Waals surface area contributed by atoms with Crippen LogP contribution < -0.4 is 10.6 Å². The Bertz CT molecular complexity index is 738. The van der Waals surface area contributed by atoms with Crippen molar-refractivity contribution in [1.29, 1.82) is 0 Å². The molecule has 120 valence electrons. The molecule has 1 unspecified atom stereocenters. The highest BCUT2D eigenvalue weighted by molar-refractivity contribution is 5.82. The van der Waals surface area contributed by atoms with Crippen LogP contribution in [0.2, 0.25) is 0 Å². The number of carbonyl (C=O) groups excluding carboxylic acids is 1. The van der Waals surface area contributed by atoms with Crippen LogP contribution in [0, 0.1) is 5.82 Å². The lowest BCUT2D eigenvalue weighted by atomic mass is 9.86. The predicted molar refractivity (Wildman–Crippen MR) is 83.2 cm³/mol. The van der Waals surface area contributed by atoms with E-state index in [9.17, 15) is 14.3 Å². The van der Waals surface area contributed by atoms with E-state index in [1.807, 2.05) is 6.07 Å². The minimum atomic E-state index is -1.43. The standard InChI is InChI=1S/C17H17FN2O3/c1-23-17(11-6-3-2-4-7-11)15-12(18)8-5-9-13(15)20(16(17)22)10-14(19)21/h2-9,16,22H,10H2,1H3,(H2,19,21)/t16?,17-/m0/s1. The number of hydrogen-bond donors (Lipinski definition) is 2. The number of fused-ring (bicyclic) bond motifs is 1. The SMILES string of the molecule is CO[C@@]1(c2ccccc2)c2c(F)cccc2N(CC(N)=O)C1O. The minimum absolute atomic E-state index is 0.197. The molecule has 0 aliphatic carbocycles. The Morgan fingerprint density at radius 3 is 2.61 bits per heavy atom. The first-order valence-corrected chi connectivity index (χ1v) is 7.15. The number of carbonyl (C=O) groups is 1. The van der Waals surface area contributed by atoms with Gasteiger partial charge in [-0.1, -0.05) is 36.4 Å². The Hall–Kier alpha value is -2.44. The number of primary amides is 1. The summed E-state index contributed by atoms with van der Waals surface area (Å²) < 4.78 is 20.2. The number of hydrogen-bond acceptors (Lipinski definition) is 4. The Morgan fingerprint density at radius 2 is 2.00 bits per heavy atom. The van der Waals surface area contributed by atoms with Crippen LogP contribution in [-0.4, -0.2) is 30.9 Å². The van der Waals surface area contributed by atoms with Gasteiger partial charge in [0.25, 0.3) is 0 Å². The summed E-state index contributed by atoms with van der Waals surface area (Å²) in [4.78, 5) is 12.7. The lowest BCUT2D eigenvalue weighted by Crippen LogP contribution is -2.49. The van der Waals surface area contributed by atoms with Gasteiger partial charge in [-0.25, -0.2) is 4.39 Å². The van der Waals surface area contributed by atoms with Crippen molar-refractivity contribution in [2.75, 3.05) is 18.6 Å². The number of methoxy groups -OCH3 is 1. The number of nitrogens with two attached hydrogens (primary N) is 1. The van der Waals surface area contributed by atoms with Gasteiger partial charge >= 0.3 is 0 Å². The van der Waals surface area contributed by atoms with Crippen molar-refractivity contribution < 1.29 is 19.0 Å². The number of halogens is 1. The van der Waals surface area contributed by atoms with Crippen molar-refractivity contribution in [3.8, 4) is 0 Å². The van der Waals surface area contributed by atoms with Crippen molar-refractivity contribution >= 4 is 11.6 Å². The third kappa shape index (κ3) is 2.18. The molecule has 0 bridgehead atoms. The quantitative estimate of drug-likeness (QED) is 0.892. The maximum atomic E-state index is 14.6. The van der Waals surface area contributed by atoms with Crippen molar-refractivity contribution in [2.24, 2.45) is 5.73 Å². The maximum absolute atomic E-state index is 14.6. The van der Waals surface area contributed by atoms with E-state index >= 15 is 0 Å². The van der Waals surface area contributed by atoms with Crippen LogP contribution in [0.4, 0.5) is 10.1 Å². The van der Waals surface area contributed by atoms with E-state index in [1.54, 1.807) is 30.3 Å². The Balaban J connectivity index is 2.27. The second kappa shape index (κ2) is 5.64. The molecule has 0 radical (unpaired) electrons. The third-order valence-electron chi connectivity index (χ3n) is 4.18. The van der Waals surface area contributed by atoms with Gasteiger partial charge in [0.05, 0.1) is 12.1 Å². The van der Waals surface area contributed by atoms with E-state index in [2.05, 4.69) is 0 Å². The average molecular weight is 316 g/mol. The maximum Gasteiger partial charge on any atom is 0.237 e. The fourth-order valence-electron chi connectivity index (χ4n) is 3.24. The highest BCUT2D eigenvalue weighted by Gasteiger charge is 2.54. The zero-order valence-corrected chi connectivity index (χ0v) is 12.6. The molecule has 0 saturated heterocycles. The van der Waals surface area contributed by atoms with Crippen molar-refractivity contribution in [3.63, 3.8) is 0 Å². The molecular weight excluding hydrogens is 299 g/mol. The fraction of sp³-hybridized carbons (Fsp3) is 0.235. The second-order valence-corrected chi connectivity index (χ2v) is 5.41. The molecule has 0 spiro atoms. The lowest BCUT2D eigenvalue weighted by molar-refractivity contribution is -0.118. The number of anilines is 1. The largest absolute Gasteiger partial charge is 0.370 e. The van der Waals surface area contributed by atoms with Crippen LogP contribution >= 0.6 is 0 Å². The normalized spacial score (nSPS) is 22.9. The van der Waals surface area contributed by atoms with E-state index in [1.165, 1.54) is 24.1 Å². The molecule has 0 fully saturated rings. The molecule has 23 heavy (non-hydrogen) atoms. The zero-order chi connectivity index (χ0) is 16.6. The molecule has 1 heterocycles. The molecule has 0 aromatic heterocycles. The summed E-state index contributed by atoms with van der Waals surface area (Å²) in [5.74, 6) is -1.14.